The van der Waals surface area contributed by atoms with Crippen molar-refractivity contribution in [2.75, 3.05) is 7.05 Å². The van der Waals surface area contributed by atoms with Gasteiger partial charge in [0.2, 0.25) is 11.7 Å². The molecule has 1 aliphatic carbocycles. The fourth-order valence-corrected chi connectivity index (χ4v) is 3.78. The Balaban J connectivity index is 1.48. The molecule has 0 saturated carbocycles. The van der Waals surface area contributed by atoms with Crippen LogP contribution < -0.4 is 0 Å². The first kappa shape index (κ1) is 17.7. The van der Waals surface area contributed by atoms with Crippen molar-refractivity contribution in [3.05, 3.63) is 64.7 Å². The zero-order chi connectivity index (χ0) is 18.8. The Bertz CT molecular complexity index is 970. The fourth-order valence-electron chi connectivity index (χ4n) is 3.59. The van der Waals surface area contributed by atoms with Gasteiger partial charge in [0.05, 0.1) is 6.04 Å². The predicted molar refractivity (Wildman–Crippen MR) is 103 cm³/mol. The summed E-state index contributed by atoms with van der Waals surface area (Å²) in [5.74, 6) is 0.419. The van der Waals surface area contributed by atoms with Crippen LogP contribution in [0.3, 0.4) is 0 Å². The Morgan fingerprint density at radius 1 is 1.26 bits per heavy atom. The number of aryl methyl sites for hydroxylation is 1. The highest BCUT2D eigenvalue weighted by atomic mass is 35.5. The van der Waals surface area contributed by atoms with Gasteiger partial charge in [-0.25, -0.2) is 0 Å². The largest absolute Gasteiger partial charge is 0.337 e. The Morgan fingerprint density at radius 2 is 2.11 bits per heavy atom. The van der Waals surface area contributed by atoms with Gasteiger partial charge in [-0.15, -0.1) is 10.2 Å². The normalized spacial score (nSPS) is 16.0. The van der Waals surface area contributed by atoms with E-state index in [-0.39, 0.29) is 18.5 Å². The summed E-state index contributed by atoms with van der Waals surface area (Å²) in [6.45, 7) is 0.0583. The van der Waals surface area contributed by atoms with E-state index in [1.54, 1.807) is 17.0 Å². The Morgan fingerprint density at radius 3 is 2.96 bits per heavy atom. The average Bonchev–Trinajstić information content (AvgIpc) is 3.15. The van der Waals surface area contributed by atoms with Crippen LogP contribution >= 0.6 is 11.6 Å². The Labute approximate surface area is 162 Å². The molecule has 1 atom stereocenters. The molecule has 3 aromatic rings. The van der Waals surface area contributed by atoms with Crippen LogP contribution in [0.25, 0.3) is 11.4 Å². The van der Waals surface area contributed by atoms with Crippen molar-refractivity contribution in [2.24, 2.45) is 0 Å². The molecular weight excluding hydrogens is 362 g/mol. The van der Waals surface area contributed by atoms with Crippen LogP contribution in [0.5, 0.6) is 0 Å². The third-order valence-corrected chi connectivity index (χ3v) is 5.25. The van der Waals surface area contributed by atoms with Crippen molar-refractivity contribution in [3.8, 4) is 11.4 Å². The molecule has 6 nitrogen and oxygen atoms in total. The van der Waals surface area contributed by atoms with E-state index in [1.807, 2.05) is 25.2 Å². The molecule has 0 fully saturated rings. The lowest BCUT2D eigenvalue weighted by atomic mass is 9.87. The second-order valence-electron chi connectivity index (χ2n) is 6.77. The van der Waals surface area contributed by atoms with Gasteiger partial charge in [0.1, 0.15) is 6.54 Å². The molecule has 0 bridgehead atoms. The highest BCUT2D eigenvalue weighted by Crippen LogP contribution is 2.33. The zero-order valence-electron chi connectivity index (χ0n) is 15.0. The number of carbonyl (C=O) groups excluding carboxylic acids is 1. The number of nitrogens with zero attached hydrogens (tertiary/aromatic N) is 5. The number of likely N-dealkylation sites (N-methyl/N-ethyl adjacent to an activating group) is 1. The maximum Gasteiger partial charge on any atom is 0.246 e. The van der Waals surface area contributed by atoms with Gasteiger partial charge in [0.25, 0.3) is 0 Å². The van der Waals surface area contributed by atoms with Crippen molar-refractivity contribution in [1.82, 2.24) is 25.1 Å². The molecule has 0 spiro atoms. The van der Waals surface area contributed by atoms with Crippen LogP contribution in [0, 0.1) is 0 Å². The number of hydrogen-bond acceptors (Lipinski definition) is 4. The molecule has 0 aliphatic heterocycles. The van der Waals surface area contributed by atoms with Gasteiger partial charge in [-0.1, -0.05) is 48.0 Å². The number of rotatable bonds is 4. The molecular formula is C20H20ClN5O. The van der Waals surface area contributed by atoms with Gasteiger partial charge in [0.15, 0.2) is 0 Å². The molecule has 0 N–H and O–H groups in total. The van der Waals surface area contributed by atoms with E-state index < -0.39 is 0 Å². The van der Waals surface area contributed by atoms with Gasteiger partial charge in [-0.2, -0.15) is 4.80 Å². The van der Waals surface area contributed by atoms with Crippen LogP contribution in [0.15, 0.2) is 48.5 Å². The highest BCUT2D eigenvalue weighted by molar-refractivity contribution is 6.30. The lowest BCUT2D eigenvalue weighted by Gasteiger charge is -2.33. The topological polar surface area (TPSA) is 63.9 Å². The Hall–Kier alpha value is -2.73. The van der Waals surface area contributed by atoms with Gasteiger partial charge < -0.3 is 4.90 Å². The smallest absolute Gasteiger partial charge is 0.246 e. The molecule has 27 heavy (non-hydrogen) atoms. The third kappa shape index (κ3) is 3.71. The van der Waals surface area contributed by atoms with Crippen LogP contribution in [-0.4, -0.2) is 38.1 Å². The lowest BCUT2D eigenvalue weighted by Crippen LogP contribution is -2.36. The number of aromatic nitrogens is 4. The summed E-state index contributed by atoms with van der Waals surface area (Å²) in [7, 11) is 1.85. The number of tetrazole rings is 1. The fraction of sp³-hybridized carbons (Fsp3) is 0.300. The van der Waals surface area contributed by atoms with Gasteiger partial charge >= 0.3 is 0 Å². The van der Waals surface area contributed by atoms with Crippen molar-refractivity contribution in [2.45, 2.75) is 31.8 Å². The first-order valence-corrected chi connectivity index (χ1v) is 9.37. The first-order chi connectivity index (χ1) is 13.1. The number of benzene rings is 2. The number of hydrogen-bond donors (Lipinski definition) is 0. The molecule has 7 heteroatoms. The van der Waals surface area contributed by atoms with E-state index in [0.29, 0.717) is 10.8 Å². The molecule has 0 radical (unpaired) electrons. The zero-order valence-corrected chi connectivity index (χ0v) is 15.8. The van der Waals surface area contributed by atoms with E-state index in [2.05, 4.69) is 33.6 Å². The highest BCUT2D eigenvalue weighted by Gasteiger charge is 2.26. The quantitative estimate of drug-likeness (QED) is 0.693. The summed E-state index contributed by atoms with van der Waals surface area (Å²) in [5.41, 5.74) is 3.34. The van der Waals surface area contributed by atoms with Crippen molar-refractivity contribution in [3.63, 3.8) is 0 Å². The summed E-state index contributed by atoms with van der Waals surface area (Å²) in [4.78, 5) is 15.9. The average molecular weight is 382 g/mol. The number of carbonyl (C=O) groups is 1. The van der Waals surface area contributed by atoms with Crippen LogP contribution in [0.1, 0.15) is 30.0 Å². The molecule has 1 aromatic heterocycles. The number of amides is 1. The van der Waals surface area contributed by atoms with Crippen molar-refractivity contribution in [1.29, 1.82) is 0 Å². The van der Waals surface area contributed by atoms with Gasteiger partial charge in [-0.05, 0) is 47.7 Å². The SMILES string of the molecule is CN(C(=O)Cn1nnc(-c2cccc(Cl)c2)n1)[C@@H]1CCCc2ccccc21. The van der Waals surface area contributed by atoms with Crippen molar-refractivity contribution < 1.29 is 4.79 Å². The Kier molecular flexibility index (Phi) is 4.90. The molecule has 1 heterocycles. The molecule has 138 valence electrons. The van der Waals surface area contributed by atoms with E-state index in [9.17, 15) is 4.79 Å². The summed E-state index contributed by atoms with van der Waals surface area (Å²) in [6.07, 6.45) is 3.12. The maximum atomic E-state index is 12.8. The molecule has 0 unspecified atom stereocenters. The van der Waals surface area contributed by atoms with E-state index >= 15 is 0 Å². The van der Waals surface area contributed by atoms with E-state index in [4.69, 9.17) is 11.6 Å². The minimum Gasteiger partial charge on any atom is -0.337 e. The molecule has 0 saturated heterocycles. The first-order valence-electron chi connectivity index (χ1n) is 8.99. The van der Waals surface area contributed by atoms with Gasteiger partial charge in [0, 0.05) is 17.6 Å². The maximum absolute atomic E-state index is 12.8. The number of fused-ring (bicyclic) bond motifs is 1. The minimum absolute atomic E-state index is 0.0354. The number of halogens is 1. The van der Waals surface area contributed by atoms with Crippen LogP contribution in [-0.2, 0) is 17.8 Å². The summed E-state index contributed by atoms with van der Waals surface area (Å²) in [5, 5.41) is 13.0. The minimum atomic E-state index is -0.0354. The monoisotopic (exact) mass is 381 g/mol. The lowest BCUT2D eigenvalue weighted by molar-refractivity contribution is -0.133. The van der Waals surface area contributed by atoms with Crippen molar-refractivity contribution >= 4 is 17.5 Å². The van der Waals surface area contributed by atoms with E-state index in [0.717, 1.165) is 24.8 Å². The second kappa shape index (κ2) is 7.48. The van der Waals surface area contributed by atoms with Crippen LogP contribution in [0.4, 0.5) is 0 Å². The molecule has 1 amide bonds. The molecule has 2 aromatic carbocycles. The van der Waals surface area contributed by atoms with Gasteiger partial charge in [-0.3, -0.25) is 4.79 Å². The summed E-state index contributed by atoms with van der Waals surface area (Å²) < 4.78 is 0. The summed E-state index contributed by atoms with van der Waals surface area (Å²) >= 11 is 6.01. The van der Waals surface area contributed by atoms with E-state index in [1.165, 1.54) is 15.9 Å². The standard InChI is InChI=1S/C20H20ClN5O/c1-25(18-11-5-7-14-6-2-3-10-17(14)18)19(27)13-26-23-20(22-24-26)15-8-4-9-16(21)12-15/h2-4,6,8-10,12,18H,5,7,11,13H2,1H3/t18-/m1/s1. The predicted octanol–water partition coefficient (Wildman–Crippen LogP) is 3.53. The third-order valence-electron chi connectivity index (χ3n) is 5.01. The molecule has 1 aliphatic rings. The molecule has 4 rings (SSSR count). The summed E-state index contributed by atoms with van der Waals surface area (Å²) in [6, 6.07) is 15.7. The second-order valence-corrected chi connectivity index (χ2v) is 7.20. The van der Waals surface area contributed by atoms with Crippen LogP contribution in [0.2, 0.25) is 5.02 Å².